The lowest BCUT2D eigenvalue weighted by Crippen LogP contribution is -2.53. The van der Waals surface area contributed by atoms with Crippen molar-refractivity contribution in [2.75, 3.05) is 25.0 Å². The summed E-state index contributed by atoms with van der Waals surface area (Å²) >= 11 is 0. The van der Waals surface area contributed by atoms with Crippen LogP contribution in [0, 0.1) is 5.82 Å². The summed E-state index contributed by atoms with van der Waals surface area (Å²) in [5.74, 6) is -0.317. The van der Waals surface area contributed by atoms with Crippen LogP contribution in [0.15, 0.2) is 12.3 Å². The van der Waals surface area contributed by atoms with Gasteiger partial charge >= 0.3 is 0 Å². The summed E-state index contributed by atoms with van der Waals surface area (Å²) in [6.07, 6.45) is 1.06. The van der Waals surface area contributed by atoms with Gasteiger partial charge in [-0.2, -0.15) is 0 Å². The zero-order valence-electron chi connectivity index (χ0n) is 12.9. The van der Waals surface area contributed by atoms with Crippen LogP contribution >= 0.6 is 0 Å². The third-order valence-electron chi connectivity index (χ3n) is 3.29. The van der Waals surface area contributed by atoms with Crippen LogP contribution in [0.5, 0.6) is 0 Å². The normalized spacial score (nSPS) is 21.2. The summed E-state index contributed by atoms with van der Waals surface area (Å²) in [6.45, 7) is 9.29. The number of carbonyl (C=O) groups excluding carboxylic acids is 1. The van der Waals surface area contributed by atoms with Gasteiger partial charge in [0, 0.05) is 19.6 Å². The summed E-state index contributed by atoms with van der Waals surface area (Å²) in [4.78, 5) is 18.4. The van der Waals surface area contributed by atoms with Crippen molar-refractivity contribution in [2.24, 2.45) is 0 Å². The van der Waals surface area contributed by atoms with E-state index in [9.17, 15) is 9.18 Å². The molecule has 5 nitrogen and oxygen atoms in total. The third kappa shape index (κ3) is 3.69. The molecule has 0 bridgehead atoms. The highest BCUT2D eigenvalue weighted by atomic mass is 19.1. The van der Waals surface area contributed by atoms with E-state index in [2.05, 4.69) is 10.3 Å². The SMILES string of the molecule is CCNc1ncc(F)cc1C(=O)N1CC(C)OC(C)(C)C1. The van der Waals surface area contributed by atoms with Crippen molar-refractivity contribution in [1.29, 1.82) is 0 Å². The molecule has 1 unspecified atom stereocenters. The summed E-state index contributed by atoms with van der Waals surface area (Å²) in [6, 6.07) is 1.24. The Bertz CT molecular complexity index is 534. The molecule has 0 radical (unpaired) electrons. The fourth-order valence-electron chi connectivity index (χ4n) is 2.69. The first-order valence-electron chi connectivity index (χ1n) is 7.19. The second kappa shape index (κ2) is 5.97. The monoisotopic (exact) mass is 295 g/mol. The van der Waals surface area contributed by atoms with Gasteiger partial charge in [-0.25, -0.2) is 9.37 Å². The number of pyridine rings is 1. The van der Waals surface area contributed by atoms with Gasteiger partial charge in [-0.1, -0.05) is 0 Å². The van der Waals surface area contributed by atoms with Gasteiger partial charge in [0.05, 0.1) is 23.5 Å². The molecule has 1 amide bonds. The van der Waals surface area contributed by atoms with Gasteiger partial charge < -0.3 is 15.0 Å². The first-order valence-corrected chi connectivity index (χ1v) is 7.19. The first-order chi connectivity index (χ1) is 9.82. The van der Waals surface area contributed by atoms with E-state index < -0.39 is 11.4 Å². The van der Waals surface area contributed by atoms with Crippen LogP contribution in [0.1, 0.15) is 38.1 Å². The van der Waals surface area contributed by atoms with Gasteiger partial charge in [0.15, 0.2) is 0 Å². The number of amides is 1. The maximum atomic E-state index is 13.5. The van der Waals surface area contributed by atoms with E-state index in [4.69, 9.17) is 4.74 Å². The Labute approximate surface area is 124 Å². The molecule has 1 fully saturated rings. The molecule has 0 aromatic carbocycles. The van der Waals surface area contributed by atoms with Crippen LogP contribution in [0.25, 0.3) is 0 Å². The van der Waals surface area contributed by atoms with Gasteiger partial charge in [0.25, 0.3) is 5.91 Å². The van der Waals surface area contributed by atoms with E-state index in [-0.39, 0.29) is 17.6 Å². The number of morpholine rings is 1. The molecule has 1 aromatic rings. The van der Waals surface area contributed by atoms with E-state index in [1.54, 1.807) is 4.90 Å². The molecule has 0 aliphatic carbocycles. The molecule has 0 saturated carbocycles. The highest BCUT2D eigenvalue weighted by molar-refractivity contribution is 5.98. The predicted octanol–water partition coefficient (Wildman–Crippen LogP) is 2.29. The van der Waals surface area contributed by atoms with Crippen molar-refractivity contribution in [3.63, 3.8) is 0 Å². The van der Waals surface area contributed by atoms with Crippen LogP contribution in [-0.4, -0.2) is 47.1 Å². The Kier molecular flexibility index (Phi) is 4.46. The van der Waals surface area contributed by atoms with Crippen molar-refractivity contribution in [3.8, 4) is 0 Å². The van der Waals surface area contributed by atoms with E-state index in [0.29, 0.717) is 25.5 Å². The highest BCUT2D eigenvalue weighted by Gasteiger charge is 2.34. The van der Waals surface area contributed by atoms with Crippen LogP contribution in [0.2, 0.25) is 0 Å². The van der Waals surface area contributed by atoms with Gasteiger partial charge in [-0.3, -0.25) is 4.79 Å². The molecule has 1 aliphatic heterocycles. The molecule has 21 heavy (non-hydrogen) atoms. The summed E-state index contributed by atoms with van der Waals surface area (Å²) in [5, 5.41) is 3.00. The minimum Gasteiger partial charge on any atom is -0.370 e. The molecular weight excluding hydrogens is 273 g/mol. The molecule has 1 aromatic heterocycles. The standard InChI is InChI=1S/C15H22FN3O2/c1-5-17-13-12(6-11(16)7-18-13)14(20)19-8-10(2)21-15(3,4)9-19/h6-7,10H,5,8-9H2,1-4H3,(H,17,18). The number of hydrogen-bond acceptors (Lipinski definition) is 4. The number of ether oxygens (including phenoxy) is 1. The zero-order chi connectivity index (χ0) is 15.6. The van der Waals surface area contributed by atoms with Crippen molar-refractivity contribution in [1.82, 2.24) is 9.88 Å². The summed E-state index contributed by atoms with van der Waals surface area (Å²) < 4.78 is 19.3. The van der Waals surface area contributed by atoms with E-state index in [1.165, 1.54) is 6.07 Å². The van der Waals surface area contributed by atoms with Crippen LogP contribution < -0.4 is 5.32 Å². The van der Waals surface area contributed by atoms with Gasteiger partial charge in [0.2, 0.25) is 0 Å². The number of halogens is 1. The molecule has 1 atom stereocenters. The highest BCUT2D eigenvalue weighted by Crippen LogP contribution is 2.24. The van der Waals surface area contributed by atoms with Crippen molar-refractivity contribution in [3.05, 3.63) is 23.6 Å². The van der Waals surface area contributed by atoms with Gasteiger partial charge in [-0.05, 0) is 33.8 Å². The van der Waals surface area contributed by atoms with Crippen molar-refractivity contribution >= 4 is 11.7 Å². The van der Waals surface area contributed by atoms with Crippen LogP contribution in [0.3, 0.4) is 0 Å². The van der Waals surface area contributed by atoms with Crippen LogP contribution in [0.4, 0.5) is 10.2 Å². The molecule has 2 heterocycles. The van der Waals surface area contributed by atoms with Crippen LogP contribution in [-0.2, 0) is 4.74 Å². The number of carbonyl (C=O) groups is 1. The molecular formula is C15H22FN3O2. The first kappa shape index (κ1) is 15.7. The fourth-order valence-corrected chi connectivity index (χ4v) is 2.69. The number of aromatic nitrogens is 1. The molecule has 0 spiro atoms. The molecule has 1 N–H and O–H groups in total. The average Bonchev–Trinajstić information content (AvgIpc) is 2.38. The number of hydrogen-bond donors (Lipinski definition) is 1. The Morgan fingerprint density at radius 1 is 1.62 bits per heavy atom. The zero-order valence-corrected chi connectivity index (χ0v) is 12.9. The molecule has 1 saturated heterocycles. The predicted molar refractivity (Wildman–Crippen MR) is 78.9 cm³/mol. The maximum absolute atomic E-state index is 13.5. The number of nitrogens with zero attached hydrogens (tertiary/aromatic N) is 2. The topological polar surface area (TPSA) is 54.5 Å². The second-order valence-electron chi connectivity index (χ2n) is 5.95. The van der Waals surface area contributed by atoms with Gasteiger partial charge in [-0.15, -0.1) is 0 Å². The maximum Gasteiger partial charge on any atom is 0.257 e. The summed E-state index contributed by atoms with van der Waals surface area (Å²) in [7, 11) is 0. The Morgan fingerprint density at radius 3 is 2.95 bits per heavy atom. The fraction of sp³-hybridized carbons (Fsp3) is 0.600. The van der Waals surface area contributed by atoms with Gasteiger partial charge in [0.1, 0.15) is 11.6 Å². The lowest BCUT2D eigenvalue weighted by molar-refractivity contribution is -0.118. The average molecular weight is 295 g/mol. The summed E-state index contributed by atoms with van der Waals surface area (Å²) in [5.41, 5.74) is -0.145. The minimum absolute atomic E-state index is 0.0539. The number of anilines is 1. The Morgan fingerprint density at radius 2 is 2.33 bits per heavy atom. The van der Waals surface area contributed by atoms with Crippen molar-refractivity contribution < 1.29 is 13.9 Å². The molecule has 2 rings (SSSR count). The quantitative estimate of drug-likeness (QED) is 0.929. The lowest BCUT2D eigenvalue weighted by atomic mass is 10.0. The largest absolute Gasteiger partial charge is 0.370 e. The molecule has 6 heteroatoms. The van der Waals surface area contributed by atoms with E-state index >= 15 is 0 Å². The number of rotatable bonds is 3. The minimum atomic E-state index is -0.513. The van der Waals surface area contributed by atoms with Crippen molar-refractivity contribution in [2.45, 2.75) is 39.4 Å². The smallest absolute Gasteiger partial charge is 0.257 e. The van der Waals surface area contributed by atoms with E-state index in [1.807, 2.05) is 27.7 Å². The Balaban J connectivity index is 2.29. The third-order valence-corrected chi connectivity index (χ3v) is 3.29. The van der Waals surface area contributed by atoms with E-state index in [0.717, 1.165) is 6.20 Å². The molecule has 116 valence electrons. The lowest BCUT2D eigenvalue weighted by Gasteiger charge is -2.41. The second-order valence-corrected chi connectivity index (χ2v) is 5.95. The molecule has 1 aliphatic rings. The number of nitrogens with one attached hydrogen (secondary N) is 1. The Hall–Kier alpha value is -1.69.